The first-order valence-corrected chi connectivity index (χ1v) is 8.96. The van der Waals surface area contributed by atoms with E-state index >= 15 is 0 Å². The molecule has 1 aliphatic carbocycles. The van der Waals surface area contributed by atoms with Crippen molar-refractivity contribution in [1.82, 2.24) is 10.2 Å². The highest BCUT2D eigenvalue weighted by Crippen LogP contribution is 2.35. The van der Waals surface area contributed by atoms with Crippen molar-refractivity contribution in [2.24, 2.45) is 5.73 Å². The summed E-state index contributed by atoms with van der Waals surface area (Å²) in [5.74, 6) is 0.0406. The normalized spacial score (nSPS) is 24.5. The summed E-state index contributed by atoms with van der Waals surface area (Å²) in [5, 5.41) is 3.17. The maximum absolute atomic E-state index is 12.1. The lowest BCUT2D eigenvalue weighted by Gasteiger charge is -2.48. The molecule has 0 radical (unpaired) electrons. The lowest BCUT2D eigenvalue weighted by Crippen LogP contribution is -2.59. The van der Waals surface area contributed by atoms with Crippen molar-refractivity contribution >= 4 is 5.91 Å². The average Bonchev–Trinajstić information content (AvgIpc) is 2.54. The van der Waals surface area contributed by atoms with Gasteiger partial charge in [0.25, 0.3) is 0 Å². The summed E-state index contributed by atoms with van der Waals surface area (Å²) in [7, 11) is 0. The number of nitrogens with zero attached hydrogens (tertiary/aromatic N) is 1. The SMILES string of the molecule is CCC[C@H](N)C(=O)NCC1(N2CCCCC2)CCCCC1. The standard InChI is InChI=1S/C17H33N3O/c1-2-9-15(18)16(21)19-14-17(10-5-3-6-11-17)20-12-7-4-8-13-20/h15H,2-14,18H2,1H3,(H,19,21)/t15-/m0/s1. The molecule has 3 N–H and O–H groups in total. The Balaban J connectivity index is 1.94. The van der Waals surface area contributed by atoms with Gasteiger partial charge in [-0.3, -0.25) is 9.69 Å². The molecule has 1 heterocycles. The Morgan fingerprint density at radius 1 is 1.14 bits per heavy atom. The van der Waals surface area contributed by atoms with Gasteiger partial charge in [-0.2, -0.15) is 0 Å². The van der Waals surface area contributed by atoms with Crippen LogP contribution in [0.3, 0.4) is 0 Å². The Labute approximate surface area is 129 Å². The van der Waals surface area contributed by atoms with Crippen molar-refractivity contribution in [2.75, 3.05) is 19.6 Å². The van der Waals surface area contributed by atoms with E-state index in [0.29, 0.717) is 0 Å². The molecule has 1 aliphatic heterocycles. The molecule has 1 saturated heterocycles. The molecule has 0 unspecified atom stereocenters. The maximum Gasteiger partial charge on any atom is 0.236 e. The zero-order chi connectivity index (χ0) is 15.1. The zero-order valence-corrected chi connectivity index (χ0v) is 13.7. The van der Waals surface area contributed by atoms with Gasteiger partial charge in [0.1, 0.15) is 0 Å². The van der Waals surface area contributed by atoms with E-state index in [4.69, 9.17) is 5.73 Å². The van der Waals surface area contributed by atoms with Crippen molar-refractivity contribution < 1.29 is 4.79 Å². The molecule has 2 rings (SSSR count). The van der Waals surface area contributed by atoms with Crippen LogP contribution in [0, 0.1) is 0 Å². The van der Waals surface area contributed by atoms with E-state index < -0.39 is 0 Å². The van der Waals surface area contributed by atoms with E-state index in [1.54, 1.807) is 0 Å². The van der Waals surface area contributed by atoms with Gasteiger partial charge in [-0.25, -0.2) is 0 Å². The van der Waals surface area contributed by atoms with E-state index in [1.165, 1.54) is 64.5 Å². The van der Waals surface area contributed by atoms with Crippen LogP contribution in [0.4, 0.5) is 0 Å². The Hall–Kier alpha value is -0.610. The van der Waals surface area contributed by atoms with E-state index in [2.05, 4.69) is 17.1 Å². The summed E-state index contributed by atoms with van der Waals surface area (Å²) >= 11 is 0. The van der Waals surface area contributed by atoms with Crippen molar-refractivity contribution in [3.8, 4) is 0 Å². The minimum atomic E-state index is -0.336. The van der Waals surface area contributed by atoms with Crippen molar-refractivity contribution in [3.63, 3.8) is 0 Å². The molecule has 0 bridgehead atoms. The summed E-state index contributed by atoms with van der Waals surface area (Å²) in [6.07, 6.45) is 12.1. The molecule has 0 aromatic heterocycles. The van der Waals surface area contributed by atoms with Crippen LogP contribution in [0.2, 0.25) is 0 Å². The summed E-state index contributed by atoms with van der Waals surface area (Å²) in [5.41, 5.74) is 6.15. The van der Waals surface area contributed by atoms with Crippen LogP contribution in [0.1, 0.15) is 71.1 Å². The van der Waals surface area contributed by atoms with Gasteiger partial charge >= 0.3 is 0 Å². The molecule has 1 saturated carbocycles. The number of hydrogen-bond acceptors (Lipinski definition) is 3. The van der Waals surface area contributed by atoms with Crippen LogP contribution >= 0.6 is 0 Å². The molecule has 21 heavy (non-hydrogen) atoms. The molecule has 122 valence electrons. The van der Waals surface area contributed by atoms with E-state index in [1.807, 2.05) is 0 Å². The third kappa shape index (κ3) is 4.43. The first kappa shape index (κ1) is 16.8. The third-order valence-corrected chi connectivity index (χ3v) is 5.34. The molecular weight excluding hydrogens is 262 g/mol. The fraction of sp³-hybridized carbons (Fsp3) is 0.941. The van der Waals surface area contributed by atoms with Gasteiger partial charge in [0.05, 0.1) is 6.04 Å². The predicted octanol–water partition coefficient (Wildman–Crippen LogP) is 2.42. The van der Waals surface area contributed by atoms with E-state index in [-0.39, 0.29) is 17.5 Å². The van der Waals surface area contributed by atoms with Gasteiger partial charge in [0.15, 0.2) is 0 Å². The molecule has 1 amide bonds. The van der Waals surface area contributed by atoms with Crippen LogP contribution in [0.5, 0.6) is 0 Å². The number of likely N-dealkylation sites (tertiary alicyclic amines) is 1. The highest BCUT2D eigenvalue weighted by Gasteiger charge is 2.38. The highest BCUT2D eigenvalue weighted by molar-refractivity contribution is 5.81. The summed E-state index contributed by atoms with van der Waals surface area (Å²) in [4.78, 5) is 14.8. The summed E-state index contributed by atoms with van der Waals surface area (Å²) in [6.45, 7) is 5.28. The van der Waals surface area contributed by atoms with Gasteiger partial charge in [-0.15, -0.1) is 0 Å². The topological polar surface area (TPSA) is 58.4 Å². The maximum atomic E-state index is 12.1. The number of carbonyl (C=O) groups excluding carboxylic acids is 1. The van der Waals surface area contributed by atoms with Crippen LogP contribution in [0.25, 0.3) is 0 Å². The lowest BCUT2D eigenvalue weighted by atomic mass is 9.79. The number of piperidine rings is 1. The summed E-state index contributed by atoms with van der Waals surface area (Å²) in [6, 6.07) is -0.336. The van der Waals surface area contributed by atoms with Gasteiger partial charge in [-0.1, -0.05) is 39.0 Å². The highest BCUT2D eigenvalue weighted by atomic mass is 16.2. The smallest absolute Gasteiger partial charge is 0.236 e. The Bertz CT molecular complexity index is 320. The number of hydrogen-bond donors (Lipinski definition) is 2. The second-order valence-corrected chi connectivity index (χ2v) is 6.95. The van der Waals surface area contributed by atoms with Crippen LogP contribution in [-0.2, 0) is 4.79 Å². The molecule has 2 aliphatic rings. The van der Waals surface area contributed by atoms with Gasteiger partial charge in [0.2, 0.25) is 5.91 Å². The quantitative estimate of drug-likeness (QED) is 0.791. The van der Waals surface area contributed by atoms with Gasteiger partial charge < -0.3 is 11.1 Å². The third-order valence-electron chi connectivity index (χ3n) is 5.34. The second-order valence-electron chi connectivity index (χ2n) is 6.95. The lowest BCUT2D eigenvalue weighted by molar-refractivity contribution is -0.123. The van der Waals surface area contributed by atoms with Crippen LogP contribution < -0.4 is 11.1 Å². The first-order chi connectivity index (χ1) is 10.2. The van der Waals surface area contributed by atoms with Crippen molar-refractivity contribution in [2.45, 2.75) is 82.7 Å². The van der Waals surface area contributed by atoms with Crippen molar-refractivity contribution in [1.29, 1.82) is 0 Å². The Morgan fingerprint density at radius 2 is 1.76 bits per heavy atom. The predicted molar refractivity (Wildman–Crippen MR) is 87.1 cm³/mol. The molecule has 0 aromatic rings. The zero-order valence-electron chi connectivity index (χ0n) is 13.7. The molecule has 0 spiro atoms. The summed E-state index contributed by atoms with van der Waals surface area (Å²) < 4.78 is 0. The number of amides is 1. The monoisotopic (exact) mass is 295 g/mol. The molecule has 1 atom stereocenters. The number of rotatable bonds is 6. The van der Waals surface area contributed by atoms with Crippen LogP contribution in [-0.4, -0.2) is 42.0 Å². The molecule has 4 heteroatoms. The van der Waals surface area contributed by atoms with E-state index in [0.717, 1.165) is 19.4 Å². The molecule has 4 nitrogen and oxygen atoms in total. The Kier molecular flexibility index (Phi) is 6.49. The molecule has 2 fully saturated rings. The number of carbonyl (C=O) groups is 1. The van der Waals surface area contributed by atoms with Crippen LogP contribution in [0.15, 0.2) is 0 Å². The second kappa shape index (κ2) is 8.14. The van der Waals surface area contributed by atoms with Gasteiger partial charge in [0, 0.05) is 12.1 Å². The fourth-order valence-electron chi connectivity index (χ4n) is 4.01. The molecular formula is C17H33N3O. The van der Waals surface area contributed by atoms with Gasteiger partial charge in [-0.05, 0) is 45.2 Å². The minimum absolute atomic E-state index is 0.0406. The average molecular weight is 295 g/mol. The number of nitrogens with two attached hydrogens (primary N) is 1. The Morgan fingerprint density at radius 3 is 2.38 bits per heavy atom. The minimum Gasteiger partial charge on any atom is -0.353 e. The number of nitrogens with one attached hydrogen (secondary N) is 1. The van der Waals surface area contributed by atoms with E-state index in [9.17, 15) is 4.79 Å². The fourth-order valence-corrected chi connectivity index (χ4v) is 4.01. The van der Waals surface area contributed by atoms with Crippen molar-refractivity contribution in [3.05, 3.63) is 0 Å². The largest absolute Gasteiger partial charge is 0.353 e. The first-order valence-electron chi connectivity index (χ1n) is 8.96. The molecule has 0 aromatic carbocycles.